The molecule has 0 radical (unpaired) electrons. The summed E-state index contributed by atoms with van der Waals surface area (Å²) in [5.41, 5.74) is 1.43. The third kappa shape index (κ3) is 2.94. The molecule has 106 valence electrons. The van der Waals surface area contributed by atoms with E-state index < -0.39 is 5.60 Å². The van der Waals surface area contributed by atoms with Crippen LogP contribution in [0.15, 0.2) is 18.2 Å². The zero-order chi connectivity index (χ0) is 14.0. The van der Waals surface area contributed by atoms with Crippen molar-refractivity contribution in [3.05, 3.63) is 29.3 Å². The van der Waals surface area contributed by atoms with E-state index in [1.165, 1.54) is 12.0 Å². The van der Waals surface area contributed by atoms with Gasteiger partial charge in [-0.1, -0.05) is 25.5 Å². The molecule has 19 heavy (non-hydrogen) atoms. The highest BCUT2D eigenvalue weighted by Crippen LogP contribution is 2.45. The summed E-state index contributed by atoms with van der Waals surface area (Å²) in [6.45, 7) is 6.57. The van der Waals surface area contributed by atoms with Crippen molar-refractivity contribution >= 4 is 0 Å². The minimum atomic E-state index is -0.718. The minimum Gasteiger partial charge on any atom is -0.496 e. The van der Waals surface area contributed by atoms with E-state index in [2.05, 4.69) is 26.8 Å². The van der Waals surface area contributed by atoms with Gasteiger partial charge in [0.25, 0.3) is 0 Å². The van der Waals surface area contributed by atoms with Gasteiger partial charge in [0.1, 0.15) is 5.75 Å². The molecule has 2 atom stereocenters. The maximum Gasteiger partial charge on any atom is 0.124 e. The molecule has 0 heterocycles. The number of ether oxygens (including phenoxy) is 1. The highest BCUT2D eigenvalue weighted by molar-refractivity contribution is 5.41. The standard InChI is InChI=1S/C17H26O2/c1-12(2)14-6-5-9-17(18,11-14)15-10-13(3)7-8-16(15)19-4/h7-8,10,12,14,18H,5-6,9,11H2,1-4H3. The van der Waals surface area contributed by atoms with Crippen LogP contribution in [-0.4, -0.2) is 12.2 Å². The second-order valence-electron chi connectivity index (χ2n) is 6.34. The van der Waals surface area contributed by atoms with Crippen molar-refractivity contribution < 1.29 is 9.84 Å². The van der Waals surface area contributed by atoms with Gasteiger partial charge in [-0.05, 0) is 56.6 Å². The predicted molar refractivity (Wildman–Crippen MR) is 78.4 cm³/mol. The van der Waals surface area contributed by atoms with Gasteiger partial charge in [-0.2, -0.15) is 0 Å². The smallest absolute Gasteiger partial charge is 0.124 e. The fourth-order valence-corrected chi connectivity index (χ4v) is 3.29. The van der Waals surface area contributed by atoms with Crippen LogP contribution in [0.1, 0.15) is 50.7 Å². The number of hydrogen-bond acceptors (Lipinski definition) is 2. The van der Waals surface area contributed by atoms with Crippen LogP contribution >= 0.6 is 0 Å². The minimum absolute atomic E-state index is 0.601. The van der Waals surface area contributed by atoms with Crippen molar-refractivity contribution in [1.82, 2.24) is 0 Å². The van der Waals surface area contributed by atoms with Crippen LogP contribution in [0.4, 0.5) is 0 Å². The molecule has 1 aliphatic carbocycles. The quantitative estimate of drug-likeness (QED) is 0.891. The van der Waals surface area contributed by atoms with Crippen LogP contribution in [-0.2, 0) is 5.60 Å². The molecule has 2 rings (SSSR count). The Hall–Kier alpha value is -1.02. The normalized spacial score (nSPS) is 27.6. The lowest BCUT2D eigenvalue weighted by molar-refractivity contribution is -0.0311. The monoisotopic (exact) mass is 262 g/mol. The first-order chi connectivity index (χ1) is 8.96. The van der Waals surface area contributed by atoms with E-state index in [-0.39, 0.29) is 0 Å². The molecule has 1 aliphatic rings. The highest BCUT2D eigenvalue weighted by atomic mass is 16.5. The fourth-order valence-electron chi connectivity index (χ4n) is 3.29. The van der Waals surface area contributed by atoms with Gasteiger partial charge in [-0.25, -0.2) is 0 Å². The zero-order valence-electron chi connectivity index (χ0n) is 12.6. The first-order valence-electron chi connectivity index (χ1n) is 7.34. The van der Waals surface area contributed by atoms with Crippen molar-refractivity contribution in [1.29, 1.82) is 0 Å². The van der Waals surface area contributed by atoms with Crippen molar-refractivity contribution in [3.63, 3.8) is 0 Å². The van der Waals surface area contributed by atoms with Crippen LogP contribution in [0.5, 0.6) is 5.75 Å². The lowest BCUT2D eigenvalue weighted by Gasteiger charge is -2.39. The molecule has 0 aromatic heterocycles. The van der Waals surface area contributed by atoms with Crippen LogP contribution in [0, 0.1) is 18.8 Å². The maximum absolute atomic E-state index is 11.1. The molecule has 0 aliphatic heterocycles. The van der Waals surface area contributed by atoms with Gasteiger partial charge in [0.15, 0.2) is 0 Å². The Kier molecular flexibility index (Phi) is 4.19. The predicted octanol–water partition coefficient (Wildman–Crippen LogP) is 4.04. The number of aliphatic hydroxyl groups is 1. The van der Waals surface area contributed by atoms with Gasteiger partial charge in [-0.15, -0.1) is 0 Å². The van der Waals surface area contributed by atoms with Crippen molar-refractivity contribution in [2.24, 2.45) is 11.8 Å². The Morgan fingerprint density at radius 3 is 2.74 bits per heavy atom. The first-order valence-corrected chi connectivity index (χ1v) is 7.34. The molecule has 1 saturated carbocycles. The Bertz CT molecular complexity index is 439. The molecule has 0 spiro atoms. The van der Waals surface area contributed by atoms with E-state index in [0.717, 1.165) is 30.6 Å². The second kappa shape index (κ2) is 5.54. The van der Waals surface area contributed by atoms with E-state index in [9.17, 15) is 5.11 Å². The summed E-state index contributed by atoms with van der Waals surface area (Å²) in [5.74, 6) is 2.05. The van der Waals surface area contributed by atoms with Crippen molar-refractivity contribution in [3.8, 4) is 5.75 Å². The number of hydrogen-bond donors (Lipinski definition) is 1. The lowest BCUT2D eigenvalue weighted by atomic mass is 9.70. The summed E-state index contributed by atoms with van der Waals surface area (Å²) in [4.78, 5) is 0. The zero-order valence-corrected chi connectivity index (χ0v) is 12.6. The fraction of sp³-hybridized carbons (Fsp3) is 0.647. The van der Waals surface area contributed by atoms with E-state index in [0.29, 0.717) is 11.8 Å². The Morgan fingerprint density at radius 2 is 2.11 bits per heavy atom. The van der Waals surface area contributed by atoms with E-state index in [1.807, 2.05) is 12.1 Å². The number of benzene rings is 1. The van der Waals surface area contributed by atoms with Crippen LogP contribution in [0.2, 0.25) is 0 Å². The van der Waals surface area contributed by atoms with Gasteiger partial charge in [0, 0.05) is 5.56 Å². The van der Waals surface area contributed by atoms with Crippen LogP contribution in [0.3, 0.4) is 0 Å². The van der Waals surface area contributed by atoms with E-state index in [1.54, 1.807) is 7.11 Å². The SMILES string of the molecule is COc1ccc(C)cc1C1(O)CCCC(C(C)C)C1. The number of rotatable bonds is 3. The topological polar surface area (TPSA) is 29.5 Å². The largest absolute Gasteiger partial charge is 0.496 e. The Balaban J connectivity index is 2.35. The van der Waals surface area contributed by atoms with Gasteiger partial charge in [-0.3, -0.25) is 0 Å². The van der Waals surface area contributed by atoms with Crippen molar-refractivity contribution in [2.45, 2.75) is 52.1 Å². The average Bonchev–Trinajstić information content (AvgIpc) is 2.38. The third-order valence-corrected chi connectivity index (χ3v) is 4.56. The molecule has 0 saturated heterocycles. The number of aryl methyl sites for hydroxylation is 1. The third-order valence-electron chi connectivity index (χ3n) is 4.56. The highest BCUT2D eigenvalue weighted by Gasteiger charge is 2.38. The molecule has 2 unspecified atom stereocenters. The average molecular weight is 262 g/mol. The Morgan fingerprint density at radius 1 is 1.37 bits per heavy atom. The molecular formula is C17H26O2. The van der Waals surface area contributed by atoms with Crippen LogP contribution in [0.25, 0.3) is 0 Å². The van der Waals surface area contributed by atoms with Gasteiger partial charge < -0.3 is 9.84 Å². The van der Waals surface area contributed by atoms with E-state index >= 15 is 0 Å². The van der Waals surface area contributed by atoms with Gasteiger partial charge >= 0.3 is 0 Å². The summed E-state index contributed by atoms with van der Waals surface area (Å²) >= 11 is 0. The Labute approximate surface area is 116 Å². The molecule has 1 aromatic carbocycles. The van der Waals surface area contributed by atoms with Crippen molar-refractivity contribution in [2.75, 3.05) is 7.11 Å². The van der Waals surface area contributed by atoms with Gasteiger partial charge in [0.2, 0.25) is 0 Å². The molecule has 2 heteroatoms. The molecule has 1 N–H and O–H groups in total. The maximum atomic E-state index is 11.1. The van der Waals surface area contributed by atoms with E-state index in [4.69, 9.17) is 4.74 Å². The molecular weight excluding hydrogens is 236 g/mol. The molecule has 1 aromatic rings. The molecule has 2 nitrogen and oxygen atoms in total. The molecule has 0 amide bonds. The lowest BCUT2D eigenvalue weighted by Crippen LogP contribution is -2.34. The summed E-state index contributed by atoms with van der Waals surface area (Å²) in [5, 5.41) is 11.1. The van der Waals surface area contributed by atoms with Crippen LogP contribution < -0.4 is 4.74 Å². The summed E-state index contributed by atoms with van der Waals surface area (Å²) in [6, 6.07) is 6.09. The number of methoxy groups -OCH3 is 1. The molecule has 0 bridgehead atoms. The second-order valence-corrected chi connectivity index (χ2v) is 6.34. The van der Waals surface area contributed by atoms with Gasteiger partial charge in [0.05, 0.1) is 12.7 Å². The summed E-state index contributed by atoms with van der Waals surface area (Å²) in [7, 11) is 1.68. The molecule has 1 fully saturated rings. The summed E-state index contributed by atoms with van der Waals surface area (Å²) in [6.07, 6.45) is 4.02. The summed E-state index contributed by atoms with van der Waals surface area (Å²) < 4.78 is 5.45. The first kappa shape index (κ1) is 14.4.